The van der Waals surface area contributed by atoms with Crippen molar-refractivity contribution in [1.29, 1.82) is 0 Å². The lowest BCUT2D eigenvalue weighted by atomic mass is 9.83. The van der Waals surface area contributed by atoms with E-state index in [9.17, 15) is 19.2 Å². The topological polar surface area (TPSA) is 95.5 Å². The van der Waals surface area contributed by atoms with Crippen LogP contribution in [0.1, 0.15) is 143 Å². The normalized spacial score (nSPS) is 13.5. The Balaban J connectivity index is 0.000000144. The number of para-hydroxylation sites is 5. The summed E-state index contributed by atoms with van der Waals surface area (Å²) in [7, 11) is 0. The Kier molecular flexibility index (Phi) is 13.5. The highest BCUT2D eigenvalue weighted by atomic mass is 16.2. The summed E-state index contributed by atoms with van der Waals surface area (Å²) in [5, 5.41) is 20.5. The molecular weight excluding hydrogens is 1250 g/mol. The van der Waals surface area contributed by atoms with Gasteiger partial charge in [0.15, 0.2) is 0 Å². The van der Waals surface area contributed by atoms with Crippen molar-refractivity contribution in [3.05, 3.63) is 293 Å². The zero-order valence-electron chi connectivity index (χ0n) is 58.0. The number of nitrogens with one attached hydrogen (secondary N) is 1. The monoisotopic (exact) mass is 1320 g/mol. The molecule has 0 fully saturated rings. The average molecular weight is 1320 g/mol. The molecule has 4 amide bonds. The Morgan fingerprint density at radius 1 is 0.275 bits per heavy atom. The van der Waals surface area contributed by atoms with E-state index in [1.165, 1.54) is 64.1 Å². The Morgan fingerprint density at radius 3 is 1.13 bits per heavy atom. The van der Waals surface area contributed by atoms with Crippen molar-refractivity contribution in [2.75, 3.05) is 9.80 Å². The predicted octanol–water partition coefficient (Wildman–Crippen LogP) is 24.5. The number of H-pyrrole nitrogens is 1. The number of fused-ring (bicyclic) bond motifs is 8. The minimum atomic E-state index is -0.260. The molecule has 0 unspecified atom stereocenters. The van der Waals surface area contributed by atoms with E-state index in [0.717, 1.165) is 126 Å². The van der Waals surface area contributed by atoms with Crippen LogP contribution in [0.25, 0.3) is 147 Å². The van der Waals surface area contributed by atoms with Crippen LogP contribution in [0, 0.1) is 0 Å². The van der Waals surface area contributed by atoms with E-state index in [4.69, 9.17) is 0 Å². The third-order valence-electron chi connectivity index (χ3n) is 22.2. The molecule has 1 N–H and O–H groups in total. The largest absolute Gasteiger partial charge is 0.355 e. The molecule has 2 aliphatic rings. The maximum Gasteiger partial charge on any atom is 0.266 e. The molecule has 102 heavy (non-hydrogen) atoms. The number of carbonyl (C=O) groups is 4. The van der Waals surface area contributed by atoms with Gasteiger partial charge in [0.05, 0.1) is 22.4 Å². The second-order valence-corrected chi connectivity index (χ2v) is 29.2. The summed E-state index contributed by atoms with van der Waals surface area (Å²) in [5.74, 6) is -0.452. The van der Waals surface area contributed by atoms with Crippen LogP contribution in [-0.4, -0.2) is 33.2 Å². The fraction of sp³-hybridized carbons (Fsp3) is 0.128. The lowest BCUT2D eigenvalue weighted by molar-refractivity contribution is 0.0877. The maximum atomic E-state index is 14.7. The summed E-state index contributed by atoms with van der Waals surface area (Å²) < 4.78 is 2.35. The summed E-state index contributed by atoms with van der Waals surface area (Å²) in [5.41, 5.74) is 17.0. The smallest absolute Gasteiger partial charge is 0.266 e. The van der Waals surface area contributed by atoms with Crippen LogP contribution < -0.4 is 9.80 Å². The summed E-state index contributed by atoms with van der Waals surface area (Å²) >= 11 is 0. The van der Waals surface area contributed by atoms with Crippen molar-refractivity contribution in [1.82, 2.24) is 9.55 Å². The number of aromatic amines is 1. The van der Waals surface area contributed by atoms with Gasteiger partial charge in [0, 0.05) is 71.6 Å². The fourth-order valence-electron chi connectivity index (χ4n) is 17.6. The molecule has 0 atom stereocenters. The number of benzene rings is 16. The van der Waals surface area contributed by atoms with E-state index in [0.29, 0.717) is 22.3 Å². The number of hydrogen-bond acceptors (Lipinski definition) is 4. The third-order valence-corrected chi connectivity index (χ3v) is 22.2. The van der Waals surface area contributed by atoms with Crippen LogP contribution in [0.2, 0.25) is 0 Å². The van der Waals surface area contributed by atoms with Gasteiger partial charge in [-0.1, -0.05) is 237 Å². The van der Waals surface area contributed by atoms with Crippen LogP contribution in [0.15, 0.2) is 249 Å². The highest BCUT2D eigenvalue weighted by Gasteiger charge is 2.40. The second kappa shape index (κ2) is 22.6. The lowest BCUT2D eigenvalue weighted by Crippen LogP contribution is -2.41. The quantitative estimate of drug-likeness (QED) is 0.0885. The van der Waals surface area contributed by atoms with Crippen LogP contribution in [-0.2, 0) is 0 Å². The maximum absolute atomic E-state index is 14.7. The standard InChI is InChI=1S/C52H38N2O2.C42H32N2O2/c1-29(2)33-15-10-16-34(30(3)4)50(33)54-51(55)42-25-23-40-38-18-11-17-37-35(21-22-39(47(37)38)41-24-26-43(52(54)56)49(42)48(40)41)31-20-27-46-44(28-31)36-14-8-9-19-45(36)53(46)32-12-6-5-7-13-32;1-22(2)25-10-7-11-26(23(3)4)40(25)44-41(45)33-19-17-31-29-13-8-12-28-27(36-21-24-9-5-6-14-35(24)43-36)15-16-30(37(28)29)32-18-20-34(42(44)46)39(33)38(31)32/h5-30H,1-4H3;5-23,43H,1-4H3. The molecule has 0 bridgehead atoms. The summed E-state index contributed by atoms with van der Waals surface area (Å²) in [6.07, 6.45) is 0. The van der Waals surface area contributed by atoms with E-state index in [2.05, 4.69) is 265 Å². The first kappa shape index (κ1) is 60.9. The molecule has 0 saturated carbocycles. The van der Waals surface area contributed by atoms with Gasteiger partial charge in [-0.3, -0.25) is 19.2 Å². The first-order chi connectivity index (χ1) is 49.6. The Labute approximate surface area is 589 Å². The van der Waals surface area contributed by atoms with Gasteiger partial charge >= 0.3 is 0 Å². The molecule has 8 heteroatoms. The number of anilines is 2. The number of imide groups is 2. The molecule has 8 nitrogen and oxygen atoms in total. The number of aromatic nitrogens is 2. The number of carbonyl (C=O) groups excluding carboxylic acids is 4. The van der Waals surface area contributed by atoms with Gasteiger partial charge < -0.3 is 9.55 Å². The second-order valence-electron chi connectivity index (χ2n) is 29.2. The zero-order valence-corrected chi connectivity index (χ0v) is 58.0. The minimum Gasteiger partial charge on any atom is -0.355 e. The Morgan fingerprint density at radius 2 is 0.647 bits per heavy atom. The Hall–Kier alpha value is -12.3. The van der Waals surface area contributed by atoms with Gasteiger partial charge in [0.1, 0.15) is 0 Å². The molecule has 0 saturated heterocycles. The fourth-order valence-corrected chi connectivity index (χ4v) is 17.6. The molecule has 490 valence electrons. The SMILES string of the molecule is CC(C)c1cccc(C(C)C)c1N1C(=O)c2ccc3c4cccc5c(-c6cc7ccccc7[nH]6)ccc(c6ccc(c2c36)C1=O)c54.CC(C)c1cccc(C(C)C)c1N1C(=O)c2ccc3c4cccc5c(-c6ccc7c(c6)c6ccccc6n7-c6ccccc6)ccc(c6ccc(c2c36)C1=O)c54. The molecule has 20 rings (SSSR count). The zero-order chi connectivity index (χ0) is 69.4. The number of hydrogen-bond donors (Lipinski definition) is 1. The van der Waals surface area contributed by atoms with Crippen molar-refractivity contribution in [3.63, 3.8) is 0 Å². The summed E-state index contributed by atoms with van der Waals surface area (Å²) in [6.45, 7) is 16.9. The van der Waals surface area contributed by atoms with Crippen LogP contribution >= 0.6 is 0 Å². The first-order valence-corrected chi connectivity index (χ1v) is 35.7. The molecular formula is C94H70N4O4. The van der Waals surface area contributed by atoms with E-state index >= 15 is 0 Å². The van der Waals surface area contributed by atoms with Crippen molar-refractivity contribution >= 4 is 154 Å². The number of amides is 4. The first-order valence-electron chi connectivity index (χ1n) is 35.7. The van der Waals surface area contributed by atoms with E-state index in [-0.39, 0.29) is 47.3 Å². The van der Waals surface area contributed by atoms with E-state index < -0.39 is 0 Å². The number of nitrogens with zero attached hydrogens (tertiary/aromatic N) is 3. The van der Waals surface area contributed by atoms with Gasteiger partial charge in [-0.05, 0) is 199 Å². The van der Waals surface area contributed by atoms with Gasteiger partial charge in [0.25, 0.3) is 23.6 Å². The van der Waals surface area contributed by atoms with E-state index in [1.807, 2.05) is 48.5 Å². The van der Waals surface area contributed by atoms with Gasteiger partial charge in [-0.15, -0.1) is 0 Å². The molecule has 0 aliphatic carbocycles. The third kappa shape index (κ3) is 8.62. The lowest BCUT2D eigenvalue weighted by Gasteiger charge is -2.32. The van der Waals surface area contributed by atoms with Crippen LogP contribution in [0.3, 0.4) is 0 Å². The molecule has 0 spiro atoms. The highest BCUT2D eigenvalue weighted by molar-refractivity contribution is 6.45. The van der Waals surface area contributed by atoms with Gasteiger partial charge in [0.2, 0.25) is 0 Å². The predicted molar refractivity (Wildman–Crippen MR) is 424 cm³/mol. The van der Waals surface area contributed by atoms with Crippen molar-refractivity contribution in [2.45, 2.75) is 79.1 Å². The van der Waals surface area contributed by atoms with Crippen molar-refractivity contribution in [2.24, 2.45) is 0 Å². The van der Waals surface area contributed by atoms with Crippen LogP contribution in [0.5, 0.6) is 0 Å². The summed E-state index contributed by atoms with van der Waals surface area (Å²) in [4.78, 5) is 64.9. The van der Waals surface area contributed by atoms with Gasteiger partial charge in [-0.2, -0.15) is 0 Å². The van der Waals surface area contributed by atoms with Crippen LogP contribution in [0.4, 0.5) is 11.4 Å². The highest BCUT2D eigenvalue weighted by Crippen LogP contribution is 2.51. The van der Waals surface area contributed by atoms with E-state index in [1.54, 1.807) is 0 Å². The minimum absolute atomic E-state index is 0.138. The Bertz CT molecular complexity index is 6460. The molecule has 2 aliphatic heterocycles. The number of rotatable bonds is 9. The van der Waals surface area contributed by atoms with Gasteiger partial charge in [-0.25, -0.2) is 9.80 Å². The van der Waals surface area contributed by atoms with Crippen molar-refractivity contribution < 1.29 is 19.2 Å². The molecule has 2 aromatic heterocycles. The molecule has 18 aromatic rings. The summed E-state index contributed by atoms with van der Waals surface area (Å²) in [6, 6.07) is 86.9. The molecule has 16 aromatic carbocycles. The average Bonchev–Trinajstić information content (AvgIpc) is 0.895. The molecule has 4 heterocycles. The van der Waals surface area contributed by atoms with Crippen molar-refractivity contribution in [3.8, 4) is 28.1 Å². The molecule has 0 radical (unpaired) electrons.